The molecule has 0 amide bonds. The van der Waals surface area contributed by atoms with Gasteiger partial charge >= 0.3 is 5.97 Å². The number of nitrogens with zero attached hydrogens (tertiary/aromatic N) is 2. The number of halogens is 1. The van der Waals surface area contributed by atoms with Crippen molar-refractivity contribution < 1.29 is 17.9 Å². The molecule has 0 N–H and O–H groups in total. The van der Waals surface area contributed by atoms with Gasteiger partial charge in [-0.15, -0.1) is 0 Å². The molecule has 0 saturated carbocycles. The monoisotopic (exact) mass is 292 g/mol. The number of esters is 1. The molecule has 0 aromatic carbocycles. The van der Waals surface area contributed by atoms with Crippen LogP contribution >= 0.6 is 11.6 Å². The molecule has 0 aliphatic carbocycles. The van der Waals surface area contributed by atoms with E-state index in [4.69, 9.17) is 11.6 Å². The number of hydrogen-bond acceptors (Lipinski definition) is 5. The SMILES string of the molecule is COC(=O)CCN(C)S(=O)(=O)c1ccc(Cl)nc1. The van der Waals surface area contributed by atoms with Gasteiger partial charge in [-0.05, 0) is 12.1 Å². The van der Waals surface area contributed by atoms with E-state index in [-0.39, 0.29) is 23.0 Å². The molecule has 0 aliphatic rings. The predicted molar refractivity (Wildman–Crippen MR) is 65.7 cm³/mol. The fourth-order valence-corrected chi connectivity index (χ4v) is 2.40. The van der Waals surface area contributed by atoms with Crippen molar-refractivity contribution in [3.63, 3.8) is 0 Å². The largest absolute Gasteiger partial charge is 0.469 e. The van der Waals surface area contributed by atoms with E-state index in [9.17, 15) is 13.2 Å². The van der Waals surface area contributed by atoms with Crippen LogP contribution in [0.15, 0.2) is 23.2 Å². The van der Waals surface area contributed by atoms with Gasteiger partial charge in [0.2, 0.25) is 10.0 Å². The molecule has 1 aromatic heterocycles. The fraction of sp³-hybridized carbons (Fsp3) is 0.400. The van der Waals surface area contributed by atoms with Gasteiger partial charge in [-0.25, -0.2) is 17.7 Å². The lowest BCUT2D eigenvalue weighted by molar-refractivity contribution is -0.140. The highest BCUT2D eigenvalue weighted by atomic mass is 35.5. The molecule has 0 unspecified atom stereocenters. The Kier molecular flexibility index (Phi) is 5.06. The summed E-state index contributed by atoms with van der Waals surface area (Å²) in [4.78, 5) is 14.7. The Labute approximate surface area is 111 Å². The van der Waals surface area contributed by atoms with Gasteiger partial charge in [0.05, 0.1) is 13.5 Å². The minimum atomic E-state index is -3.66. The first-order valence-electron chi connectivity index (χ1n) is 5.02. The second kappa shape index (κ2) is 6.12. The molecule has 0 radical (unpaired) electrons. The standard InChI is InChI=1S/C10H13ClN2O4S/c1-13(6-5-10(14)17-2)18(15,16)8-3-4-9(11)12-7-8/h3-4,7H,5-6H2,1-2H3. The Bertz CT molecular complexity index is 515. The maximum absolute atomic E-state index is 12.0. The highest BCUT2D eigenvalue weighted by Crippen LogP contribution is 2.15. The number of sulfonamides is 1. The zero-order valence-electron chi connectivity index (χ0n) is 9.96. The molecule has 0 spiro atoms. The van der Waals surface area contributed by atoms with E-state index in [2.05, 4.69) is 9.72 Å². The molecule has 1 heterocycles. The highest BCUT2D eigenvalue weighted by molar-refractivity contribution is 7.89. The first kappa shape index (κ1) is 14.9. The summed E-state index contributed by atoms with van der Waals surface area (Å²) in [5.74, 6) is -0.466. The number of methoxy groups -OCH3 is 1. The van der Waals surface area contributed by atoms with Crippen molar-refractivity contribution in [2.24, 2.45) is 0 Å². The zero-order valence-corrected chi connectivity index (χ0v) is 11.5. The van der Waals surface area contributed by atoms with Crippen LogP contribution in [-0.2, 0) is 19.6 Å². The Hall–Kier alpha value is -1.18. The molecule has 18 heavy (non-hydrogen) atoms. The Morgan fingerprint density at radius 2 is 2.17 bits per heavy atom. The number of hydrogen-bond donors (Lipinski definition) is 0. The van der Waals surface area contributed by atoms with Crippen LogP contribution in [0.2, 0.25) is 5.15 Å². The highest BCUT2D eigenvalue weighted by Gasteiger charge is 2.21. The van der Waals surface area contributed by atoms with Crippen molar-refractivity contribution in [1.82, 2.24) is 9.29 Å². The van der Waals surface area contributed by atoms with Gasteiger partial charge in [-0.2, -0.15) is 0 Å². The zero-order chi connectivity index (χ0) is 13.8. The number of aromatic nitrogens is 1. The van der Waals surface area contributed by atoms with Gasteiger partial charge in [0, 0.05) is 19.8 Å². The molecular formula is C10H13ClN2O4S. The second-order valence-electron chi connectivity index (χ2n) is 3.47. The summed E-state index contributed by atoms with van der Waals surface area (Å²) in [7, 11) is -1.02. The van der Waals surface area contributed by atoms with Crippen LogP contribution in [0, 0.1) is 0 Å². The number of carbonyl (C=O) groups excluding carboxylic acids is 1. The van der Waals surface area contributed by atoms with E-state index in [1.807, 2.05) is 0 Å². The van der Waals surface area contributed by atoms with Gasteiger partial charge in [0.25, 0.3) is 0 Å². The first-order chi connectivity index (χ1) is 8.37. The second-order valence-corrected chi connectivity index (χ2v) is 5.90. The number of carbonyl (C=O) groups is 1. The van der Waals surface area contributed by atoms with Crippen LogP contribution in [-0.4, -0.2) is 44.4 Å². The lowest BCUT2D eigenvalue weighted by Gasteiger charge is -2.16. The van der Waals surface area contributed by atoms with Crippen molar-refractivity contribution >= 4 is 27.6 Å². The molecule has 0 saturated heterocycles. The fourth-order valence-electron chi connectivity index (χ4n) is 1.17. The first-order valence-corrected chi connectivity index (χ1v) is 6.84. The van der Waals surface area contributed by atoms with E-state index in [1.165, 1.54) is 32.5 Å². The van der Waals surface area contributed by atoms with Gasteiger partial charge in [-0.1, -0.05) is 11.6 Å². The van der Waals surface area contributed by atoms with E-state index >= 15 is 0 Å². The lowest BCUT2D eigenvalue weighted by atomic mass is 10.4. The summed E-state index contributed by atoms with van der Waals surface area (Å²) >= 11 is 5.58. The van der Waals surface area contributed by atoms with Gasteiger partial charge in [0.1, 0.15) is 10.0 Å². The molecule has 1 rings (SSSR count). The smallest absolute Gasteiger partial charge is 0.306 e. The molecular weight excluding hydrogens is 280 g/mol. The number of ether oxygens (including phenoxy) is 1. The number of rotatable bonds is 5. The molecule has 0 aliphatic heterocycles. The van der Waals surface area contributed by atoms with E-state index in [1.54, 1.807) is 0 Å². The molecule has 100 valence electrons. The van der Waals surface area contributed by atoms with Crippen molar-refractivity contribution in [3.05, 3.63) is 23.5 Å². The summed E-state index contributed by atoms with van der Waals surface area (Å²) in [5.41, 5.74) is 0. The van der Waals surface area contributed by atoms with Gasteiger partial charge in [-0.3, -0.25) is 4.79 Å². The van der Waals surface area contributed by atoms with Gasteiger partial charge in [0.15, 0.2) is 0 Å². The summed E-state index contributed by atoms with van der Waals surface area (Å²) in [6.45, 7) is 0.0393. The Morgan fingerprint density at radius 1 is 1.50 bits per heavy atom. The third-order valence-corrected chi connectivity index (χ3v) is 4.33. The van der Waals surface area contributed by atoms with Crippen molar-refractivity contribution in [2.45, 2.75) is 11.3 Å². The summed E-state index contributed by atoms with van der Waals surface area (Å²) < 4.78 is 29.6. The molecule has 0 fully saturated rings. The van der Waals surface area contributed by atoms with Crippen molar-refractivity contribution in [2.75, 3.05) is 20.7 Å². The Morgan fingerprint density at radius 3 is 2.67 bits per heavy atom. The third-order valence-electron chi connectivity index (χ3n) is 2.27. The quantitative estimate of drug-likeness (QED) is 0.596. The number of pyridine rings is 1. The third kappa shape index (κ3) is 3.66. The summed E-state index contributed by atoms with van der Waals surface area (Å²) in [5, 5.41) is 0.214. The van der Waals surface area contributed by atoms with Gasteiger partial charge < -0.3 is 4.74 Å². The van der Waals surface area contributed by atoms with E-state index in [0.717, 1.165) is 4.31 Å². The maximum Gasteiger partial charge on any atom is 0.306 e. The van der Waals surface area contributed by atoms with Crippen LogP contribution in [0.1, 0.15) is 6.42 Å². The van der Waals surface area contributed by atoms with Crippen LogP contribution in [0.3, 0.4) is 0 Å². The van der Waals surface area contributed by atoms with Crippen LogP contribution in [0.25, 0.3) is 0 Å². The summed E-state index contributed by atoms with van der Waals surface area (Å²) in [6.07, 6.45) is 1.17. The normalized spacial score (nSPS) is 11.6. The van der Waals surface area contributed by atoms with E-state index in [0.29, 0.717) is 0 Å². The Balaban J connectivity index is 2.80. The molecule has 0 atom stereocenters. The van der Waals surface area contributed by atoms with E-state index < -0.39 is 16.0 Å². The van der Waals surface area contributed by atoms with Crippen molar-refractivity contribution in [1.29, 1.82) is 0 Å². The minimum absolute atomic E-state index is 0.00670. The van der Waals surface area contributed by atoms with Crippen molar-refractivity contribution in [3.8, 4) is 0 Å². The minimum Gasteiger partial charge on any atom is -0.469 e. The molecule has 0 bridgehead atoms. The predicted octanol–water partition coefficient (Wildman–Crippen LogP) is 0.919. The average molecular weight is 293 g/mol. The van der Waals surface area contributed by atoms with Crippen LogP contribution < -0.4 is 0 Å². The topological polar surface area (TPSA) is 76.6 Å². The lowest BCUT2D eigenvalue weighted by Crippen LogP contribution is -2.29. The average Bonchev–Trinajstić information content (AvgIpc) is 2.35. The van der Waals surface area contributed by atoms with Crippen LogP contribution in [0.5, 0.6) is 0 Å². The summed E-state index contributed by atoms with van der Waals surface area (Å²) in [6, 6.07) is 2.75. The molecule has 6 nitrogen and oxygen atoms in total. The van der Waals surface area contributed by atoms with Crippen LogP contribution in [0.4, 0.5) is 0 Å². The molecule has 1 aromatic rings. The maximum atomic E-state index is 12.0. The molecule has 8 heteroatoms.